The zero-order valence-corrected chi connectivity index (χ0v) is 10.7. The van der Waals surface area contributed by atoms with Gasteiger partial charge in [-0.05, 0) is 58.0 Å². The average Bonchev–Trinajstić information content (AvgIpc) is 3.09. The van der Waals surface area contributed by atoms with Crippen LogP contribution in [0, 0.1) is 11.8 Å². The summed E-state index contributed by atoms with van der Waals surface area (Å²) in [4.78, 5) is 2.42. The lowest BCUT2D eigenvalue weighted by atomic mass is 9.92. The smallest absolute Gasteiger partial charge is 0.0692 e. The lowest BCUT2D eigenvalue weighted by Crippen LogP contribution is -2.45. The molecule has 0 aromatic carbocycles. The molecule has 94 valence electrons. The molecule has 3 atom stereocenters. The third-order valence-corrected chi connectivity index (χ3v) is 4.18. The third kappa shape index (κ3) is 3.44. The van der Waals surface area contributed by atoms with E-state index in [-0.39, 0.29) is 6.10 Å². The van der Waals surface area contributed by atoms with E-state index in [1.54, 1.807) is 0 Å². The molecular weight excluding hydrogens is 200 g/mol. The van der Waals surface area contributed by atoms with Gasteiger partial charge in [-0.25, -0.2) is 0 Å². The molecule has 1 aliphatic carbocycles. The molecule has 0 aromatic heterocycles. The molecule has 0 aromatic rings. The van der Waals surface area contributed by atoms with Crippen LogP contribution >= 0.6 is 0 Å². The van der Waals surface area contributed by atoms with Crippen LogP contribution in [0.2, 0.25) is 0 Å². The Kier molecular flexibility index (Phi) is 4.22. The van der Waals surface area contributed by atoms with Crippen molar-refractivity contribution < 1.29 is 5.11 Å². The molecule has 1 heterocycles. The van der Waals surface area contributed by atoms with Gasteiger partial charge in [0.25, 0.3) is 0 Å². The summed E-state index contributed by atoms with van der Waals surface area (Å²) in [5.74, 6) is 1.35. The first-order valence-electron chi connectivity index (χ1n) is 6.77. The quantitative estimate of drug-likeness (QED) is 0.736. The predicted molar refractivity (Wildman–Crippen MR) is 66.4 cm³/mol. The highest BCUT2D eigenvalue weighted by Gasteiger charge is 2.30. The number of aliphatic hydroxyl groups is 1. The van der Waals surface area contributed by atoms with Crippen LogP contribution < -0.4 is 5.32 Å². The predicted octanol–water partition coefficient (Wildman–Crippen LogP) is 1.08. The topological polar surface area (TPSA) is 35.5 Å². The van der Waals surface area contributed by atoms with Crippen LogP contribution in [0.1, 0.15) is 32.6 Å². The van der Waals surface area contributed by atoms with Gasteiger partial charge in [-0.15, -0.1) is 0 Å². The molecule has 2 fully saturated rings. The SMILES string of the molecule is CC(NCC(O)C1CC1)C1CCCN(C)C1. The summed E-state index contributed by atoms with van der Waals surface area (Å²) < 4.78 is 0. The van der Waals surface area contributed by atoms with E-state index in [0.717, 1.165) is 12.5 Å². The summed E-state index contributed by atoms with van der Waals surface area (Å²) in [6.45, 7) is 5.50. The average molecular weight is 226 g/mol. The zero-order valence-electron chi connectivity index (χ0n) is 10.7. The van der Waals surface area contributed by atoms with Crippen LogP contribution in [0.4, 0.5) is 0 Å². The highest BCUT2D eigenvalue weighted by atomic mass is 16.3. The summed E-state index contributed by atoms with van der Waals surface area (Å²) in [6, 6.07) is 0.538. The highest BCUT2D eigenvalue weighted by Crippen LogP contribution is 2.32. The summed E-state index contributed by atoms with van der Waals surface area (Å²) in [5, 5.41) is 13.3. The molecule has 3 heteroatoms. The normalized spacial score (nSPS) is 31.3. The fourth-order valence-electron chi connectivity index (χ4n) is 2.74. The van der Waals surface area contributed by atoms with E-state index in [1.165, 1.54) is 38.8 Å². The van der Waals surface area contributed by atoms with Crippen molar-refractivity contribution in [1.82, 2.24) is 10.2 Å². The summed E-state index contributed by atoms with van der Waals surface area (Å²) in [6.07, 6.45) is 4.99. The van der Waals surface area contributed by atoms with Gasteiger partial charge < -0.3 is 15.3 Å². The van der Waals surface area contributed by atoms with E-state index < -0.39 is 0 Å². The zero-order chi connectivity index (χ0) is 11.5. The Hall–Kier alpha value is -0.120. The summed E-state index contributed by atoms with van der Waals surface area (Å²) in [7, 11) is 2.21. The maximum absolute atomic E-state index is 9.82. The number of nitrogens with zero attached hydrogens (tertiary/aromatic N) is 1. The second kappa shape index (κ2) is 5.48. The highest BCUT2D eigenvalue weighted by molar-refractivity contribution is 4.85. The number of nitrogens with one attached hydrogen (secondary N) is 1. The lowest BCUT2D eigenvalue weighted by Gasteiger charge is -2.34. The van der Waals surface area contributed by atoms with Crippen LogP contribution in [-0.4, -0.2) is 48.8 Å². The third-order valence-electron chi connectivity index (χ3n) is 4.18. The lowest BCUT2D eigenvalue weighted by molar-refractivity contribution is 0.129. The number of aliphatic hydroxyl groups excluding tert-OH is 1. The molecule has 1 aliphatic heterocycles. The first-order chi connectivity index (χ1) is 7.66. The minimum atomic E-state index is -0.108. The monoisotopic (exact) mass is 226 g/mol. The van der Waals surface area contributed by atoms with E-state index in [2.05, 4.69) is 24.2 Å². The molecule has 1 saturated heterocycles. The van der Waals surface area contributed by atoms with Crippen LogP contribution in [-0.2, 0) is 0 Å². The molecule has 0 spiro atoms. The number of hydrogen-bond acceptors (Lipinski definition) is 3. The Morgan fingerprint density at radius 2 is 2.06 bits per heavy atom. The maximum Gasteiger partial charge on any atom is 0.0692 e. The Bertz CT molecular complexity index is 218. The van der Waals surface area contributed by atoms with Gasteiger partial charge in [0.1, 0.15) is 0 Å². The van der Waals surface area contributed by atoms with Crippen LogP contribution in [0.5, 0.6) is 0 Å². The minimum Gasteiger partial charge on any atom is -0.392 e. The molecule has 3 nitrogen and oxygen atoms in total. The van der Waals surface area contributed by atoms with Gasteiger partial charge in [0, 0.05) is 19.1 Å². The minimum absolute atomic E-state index is 0.108. The van der Waals surface area contributed by atoms with Crippen LogP contribution in [0.25, 0.3) is 0 Å². The van der Waals surface area contributed by atoms with Crippen molar-refractivity contribution in [2.45, 2.75) is 44.8 Å². The molecule has 2 rings (SSSR count). The van der Waals surface area contributed by atoms with Gasteiger partial charge in [0.15, 0.2) is 0 Å². The fourth-order valence-corrected chi connectivity index (χ4v) is 2.74. The van der Waals surface area contributed by atoms with Crippen molar-refractivity contribution in [3.8, 4) is 0 Å². The number of hydrogen-bond donors (Lipinski definition) is 2. The molecule has 0 amide bonds. The van der Waals surface area contributed by atoms with E-state index >= 15 is 0 Å². The first-order valence-corrected chi connectivity index (χ1v) is 6.77. The van der Waals surface area contributed by atoms with Gasteiger partial charge in [0.05, 0.1) is 6.10 Å². The Morgan fingerprint density at radius 3 is 2.69 bits per heavy atom. The number of piperidine rings is 1. The van der Waals surface area contributed by atoms with Crippen molar-refractivity contribution in [3.63, 3.8) is 0 Å². The standard InChI is InChI=1S/C13H26N2O/c1-10(12-4-3-7-15(2)9-12)14-8-13(16)11-5-6-11/h10-14,16H,3-9H2,1-2H3. The van der Waals surface area contributed by atoms with Crippen molar-refractivity contribution in [2.75, 3.05) is 26.7 Å². The molecule has 3 unspecified atom stereocenters. The van der Waals surface area contributed by atoms with Gasteiger partial charge in [0.2, 0.25) is 0 Å². The maximum atomic E-state index is 9.82. The van der Waals surface area contributed by atoms with E-state index in [9.17, 15) is 5.11 Å². The van der Waals surface area contributed by atoms with E-state index in [0.29, 0.717) is 12.0 Å². The second-order valence-corrected chi connectivity index (χ2v) is 5.77. The van der Waals surface area contributed by atoms with Crippen molar-refractivity contribution >= 4 is 0 Å². The summed E-state index contributed by atoms with van der Waals surface area (Å²) >= 11 is 0. The van der Waals surface area contributed by atoms with Crippen LogP contribution in [0.3, 0.4) is 0 Å². The van der Waals surface area contributed by atoms with E-state index in [1.807, 2.05) is 0 Å². The second-order valence-electron chi connectivity index (χ2n) is 5.77. The van der Waals surface area contributed by atoms with Crippen molar-refractivity contribution in [1.29, 1.82) is 0 Å². The van der Waals surface area contributed by atoms with Gasteiger partial charge in [-0.2, -0.15) is 0 Å². The Morgan fingerprint density at radius 1 is 1.31 bits per heavy atom. The van der Waals surface area contributed by atoms with Crippen molar-refractivity contribution in [3.05, 3.63) is 0 Å². The van der Waals surface area contributed by atoms with Crippen molar-refractivity contribution in [2.24, 2.45) is 11.8 Å². The number of rotatable bonds is 5. The molecule has 2 aliphatic rings. The largest absolute Gasteiger partial charge is 0.392 e. The summed E-state index contributed by atoms with van der Waals surface area (Å²) in [5.41, 5.74) is 0. The Labute approximate surface area is 99.2 Å². The molecule has 2 N–H and O–H groups in total. The van der Waals surface area contributed by atoms with Gasteiger partial charge in [-0.1, -0.05) is 0 Å². The molecular formula is C13H26N2O. The first kappa shape index (κ1) is 12.3. The van der Waals surface area contributed by atoms with Gasteiger partial charge >= 0.3 is 0 Å². The fraction of sp³-hybridized carbons (Fsp3) is 1.00. The van der Waals surface area contributed by atoms with Gasteiger partial charge in [-0.3, -0.25) is 0 Å². The van der Waals surface area contributed by atoms with E-state index in [4.69, 9.17) is 0 Å². The molecule has 1 saturated carbocycles. The molecule has 0 bridgehead atoms. The molecule has 0 radical (unpaired) electrons. The molecule has 16 heavy (non-hydrogen) atoms. The Balaban J connectivity index is 1.67. The van der Waals surface area contributed by atoms with Crippen LogP contribution in [0.15, 0.2) is 0 Å². The number of likely N-dealkylation sites (tertiary alicyclic amines) is 1.